The van der Waals surface area contributed by atoms with Crippen molar-refractivity contribution in [2.75, 3.05) is 13.1 Å². The first-order valence-electron chi connectivity index (χ1n) is 7.72. The van der Waals surface area contributed by atoms with Crippen molar-refractivity contribution < 1.29 is 9.59 Å². The molecule has 0 aromatic carbocycles. The number of likely N-dealkylation sites (tertiary alicyclic amines) is 1. The Labute approximate surface area is 115 Å². The third-order valence-electron chi connectivity index (χ3n) is 4.31. The Kier molecular flexibility index (Phi) is 5.23. The standard InChI is InChI=1S/C15H26N2O2/c1-12-6-5-7-13(10-12)16-14(18)11-17-9-4-2-3-8-15(17)19/h12-13H,2-11H2,1H3,(H,16,18). The highest BCUT2D eigenvalue weighted by Crippen LogP contribution is 2.23. The van der Waals surface area contributed by atoms with Crippen molar-refractivity contribution in [1.29, 1.82) is 0 Å². The average Bonchev–Trinajstić information content (AvgIpc) is 2.55. The highest BCUT2D eigenvalue weighted by Gasteiger charge is 2.23. The molecular formula is C15H26N2O2. The fourth-order valence-electron chi connectivity index (χ4n) is 3.22. The molecule has 1 aliphatic carbocycles. The Balaban J connectivity index is 1.78. The molecular weight excluding hydrogens is 240 g/mol. The van der Waals surface area contributed by atoms with Crippen molar-refractivity contribution in [1.82, 2.24) is 10.2 Å². The largest absolute Gasteiger partial charge is 0.352 e. The molecule has 19 heavy (non-hydrogen) atoms. The van der Waals surface area contributed by atoms with Gasteiger partial charge in [-0.2, -0.15) is 0 Å². The molecule has 1 saturated carbocycles. The van der Waals surface area contributed by atoms with Gasteiger partial charge in [0, 0.05) is 19.0 Å². The van der Waals surface area contributed by atoms with Gasteiger partial charge in [-0.05, 0) is 31.6 Å². The number of nitrogens with zero attached hydrogens (tertiary/aromatic N) is 1. The normalized spacial score (nSPS) is 28.9. The van der Waals surface area contributed by atoms with Crippen molar-refractivity contribution in [2.24, 2.45) is 5.92 Å². The molecule has 4 nitrogen and oxygen atoms in total. The summed E-state index contributed by atoms with van der Waals surface area (Å²) >= 11 is 0. The summed E-state index contributed by atoms with van der Waals surface area (Å²) in [7, 11) is 0. The lowest BCUT2D eigenvalue weighted by atomic mass is 9.87. The van der Waals surface area contributed by atoms with Crippen LogP contribution in [0.25, 0.3) is 0 Å². The van der Waals surface area contributed by atoms with Crippen LogP contribution in [0.4, 0.5) is 0 Å². The number of rotatable bonds is 3. The fraction of sp³-hybridized carbons (Fsp3) is 0.867. The van der Waals surface area contributed by atoms with E-state index in [2.05, 4.69) is 12.2 Å². The molecule has 1 N–H and O–H groups in total. The summed E-state index contributed by atoms with van der Waals surface area (Å²) in [5.41, 5.74) is 0. The molecule has 4 heteroatoms. The molecule has 2 fully saturated rings. The van der Waals surface area contributed by atoms with Crippen LogP contribution in [-0.2, 0) is 9.59 Å². The Morgan fingerprint density at radius 1 is 1.26 bits per heavy atom. The first kappa shape index (κ1) is 14.4. The summed E-state index contributed by atoms with van der Waals surface area (Å²) in [6.45, 7) is 3.24. The van der Waals surface area contributed by atoms with E-state index in [9.17, 15) is 9.59 Å². The quantitative estimate of drug-likeness (QED) is 0.850. The number of nitrogens with one attached hydrogen (secondary N) is 1. The van der Waals surface area contributed by atoms with E-state index in [1.54, 1.807) is 4.90 Å². The van der Waals surface area contributed by atoms with Crippen LogP contribution in [0.2, 0.25) is 0 Å². The number of hydrogen-bond acceptors (Lipinski definition) is 2. The number of amides is 2. The third-order valence-corrected chi connectivity index (χ3v) is 4.31. The van der Waals surface area contributed by atoms with Crippen molar-refractivity contribution in [2.45, 2.75) is 64.3 Å². The molecule has 2 amide bonds. The van der Waals surface area contributed by atoms with E-state index in [0.717, 1.165) is 38.6 Å². The zero-order valence-electron chi connectivity index (χ0n) is 12.0. The summed E-state index contributed by atoms with van der Waals surface area (Å²) in [4.78, 5) is 25.6. The topological polar surface area (TPSA) is 49.4 Å². The molecule has 0 bridgehead atoms. The van der Waals surface area contributed by atoms with Gasteiger partial charge < -0.3 is 10.2 Å². The highest BCUT2D eigenvalue weighted by molar-refractivity contribution is 5.85. The molecule has 1 aliphatic heterocycles. The maximum Gasteiger partial charge on any atom is 0.239 e. The summed E-state index contributed by atoms with van der Waals surface area (Å²) in [6.07, 6.45) is 8.35. The molecule has 2 rings (SSSR count). The lowest BCUT2D eigenvalue weighted by Gasteiger charge is -2.28. The van der Waals surface area contributed by atoms with Crippen LogP contribution in [0, 0.1) is 5.92 Å². The molecule has 1 saturated heterocycles. The van der Waals surface area contributed by atoms with Gasteiger partial charge in [-0.25, -0.2) is 0 Å². The zero-order valence-corrected chi connectivity index (χ0v) is 12.0. The zero-order chi connectivity index (χ0) is 13.7. The van der Waals surface area contributed by atoms with Crippen molar-refractivity contribution in [3.63, 3.8) is 0 Å². The van der Waals surface area contributed by atoms with Crippen LogP contribution in [0.15, 0.2) is 0 Å². The first-order valence-corrected chi connectivity index (χ1v) is 7.72. The molecule has 108 valence electrons. The molecule has 2 atom stereocenters. The molecule has 0 radical (unpaired) electrons. The van der Waals surface area contributed by atoms with Crippen molar-refractivity contribution in [3.8, 4) is 0 Å². The second-order valence-electron chi connectivity index (χ2n) is 6.16. The van der Waals surface area contributed by atoms with Gasteiger partial charge >= 0.3 is 0 Å². The number of carbonyl (C=O) groups is 2. The molecule has 2 aliphatic rings. The third kappa shape index (κ3) is 4.51. The van der Waals surface area contributed by atoms with Crippen molar-refractivity contribution in [3.05, 3.63) is 0 Å². The molecule has 0 spiro atoms. The highest BCUT2D eigenvalue weighted by atomic mass is 16.2. The van der Waals surface area contributed by atoms with Gasteiger partial charge in [-0.15, -0.1) is 0 Å². The van der Waals surface area contributed by atoms with Gasteiger partial charge in [0.25, 0.3) is 0 Å². The summed E-state index contributed by atoms with van der Waals surface area (Å²) in [6, 6.07) is 0.318. The maximum absolute atomic E-state index is 12.0. The fourth-order valence-corrected chi connectivity index (χ4v) is 3.22. The SMILES string of the molecule is CC1CCCC(NC(=O)CN2CCCCCC2=O)C1. The Hall–Kier alpha value is -1.06. The second-order valence-corrected chi connectivity index (χ2v) is 6.16. The van der Waals surface area contributed by atoms with E-state index < -0.39 is 0 Å². The average molecular weight is 266 g/mol. The maximum atomic E-state index is 12.0. The van der Waals surface area contributed by atoms with E-state index in [1.165, 1.54) is 12.8 Å². The van der Waals surface area contributed by atoms with Gasteiger partial charge in [0.1, 0.15) is 0 Å². The number of carbonyl (C=O) groups excluding carboxylic acids is 2. The summed E-state index contributed by atoms with van der Waals surface area (Å²) < 4.78 is 0. The Morgan fingerprint density at radius 2 is 2.11 bits per heavy atom. The van der Waals surface area contributed by atoms with Gasteiger partial charge in [-0.1, -0.05) is 26.2 Å². The van der Waals surface area contributed by atoms with Crippen LogP contribution < -0.4 is 5.32 Å². The first-order chi connectivity index (χ1) is 9.15. The Bertz CT molecular complexity index is 330. The van der Waals surface area contributed by atoms with E-state index >= 15 is 0 Å². The predicted octanol–water partition coefficient (Wildman–Crippen LogP) is 2.08. The van der Waals surface area contributed by atoms with Crippen LogP contribution in [-0.4, -0.2) is 35.8 Å². The van der Waals surface area contributed by atoms with E-state index in [-0.39, 0.29) is 18.4 Å². The van der Waals surface area contributed by atoms with E-state index in [4.69, 9.17) is 0 Å². The van der Waals surface area contributed by atoms with E-state index in [1.807, 2.05) is 0 Å². The van der Waals surface area contributed by atoms with Crippen LogP contribution in [0.3, 0.4) is 0 Å². The van der Waals surface area contributed by atoms with Gasteiger partial charge in [-0.3, -0.25) is 9.59 Å². The second kappa shape index (κ2) is 6.92. The lowest BCUT2D eigenvalue weighted by Crippen LogP contribution is -2.45. The van der Waals surface area contributed by atoms with E-state index in [0.29, 0.717) is 18.4 Å². The molecule has 0 aromatic rings. The minimum Gasteiger partial charge on any atom is -0.352 e. The van der Waals surface area contributed by atoms with Crippen LogP contribution in [0.1, 0.15) is 58.3 Å². The minimum atomic E-state index is 0.0225. The minimum absolute atomic E-state index is 0.0225. The Morgan fingerprint density at radius 3 is 2.89 bits per heavy atom. The lowest BCUT2D eigenvalue weighted by molar-refractivity contribution is -0.135. The molecule has 2 unspecified atom stereocenters. The predicted molar refractivity (Wildman–Crippen MR) is 74.6 cm³/mol. The summed E-state index contributed by atoms with van der Waals surface area (Å²) in [5.74, 6) is 0.873. The van der Waals surface area contributed by atoms with Crippen LogP contribution >= 0.6 is 0 Å². The monoisotopic (exact) mass is 266 g/mol. The molecule has 0 aromatic heterocycles. The summed E-state index contributed by atoms with van der Waals surface area (Å²) in [5, 5.41) is 3.10. The van der Waals surface area contributed by atoms with Crippen molar-refractivity contribution >= 4 is 11.8 Å². The van der Waals surface area contributed by atoms with Gasteiger partial charge in [0.2, 0.25) is 11.8 Å². The van der Waals surface area contributed by atoms with Gasteiger partial charge in [0.15, 0.2) is 0 Å². The van der Waals surface area contributed by atoms with Gasteiger partial charge in [0.05, 0.1) is 6.54 Å². The van der Waals surface area contributed by atoms with Crippen LogP contribution in [0.5, 0.6) is 0 Å². The smallest absolute Gasteiger partial charge is 0.239 e. The number of hydrogen-bond donors (Lipinski definition) is 1. The molecule has 1 heterocycles.